The third-order valence-electron chi connectivity index (χ3n) is 2.51. The topological polar surface area (TPSA) is 35.5 Å². The average Bonchev–Trinajstić information content (AvgIpc) is 2.43. The summed E-state index contributed by atoms with van der Waals surface area (Å²) >= 11 is 0. The van der Waals surface area contributed by atoms with Gasteiger partial charge in [-0.25, -0.2) is 4.79 Å². The average molecular weight is 246 g/mol. The number of methoxy groups -OCH3 is 1. The smallest absolute Gasteiger partial charge is 0.372 e. The van der Waals surface area contributed by atoms with Gasteiger partial charge in [-0.1, -0.05) is 30.3 Å². The van der Waals surface area contributed by atoms with E-state index in [1.807, 2.05) is 43.3 Å². The van der Waals surface area contributed by atoms with Crippen LogP contribution in [0.25, 0.3) is 5.57 Å². The lowest BCUT2D eigenvalue weighted by Crippen LogP contribution is -2.08. The highest BCUT2D eigenvalue weighted by molar-refractivity contribution is 5.86. The van der Waals surface area contributed by atoms with E-state index in [9.17, 15) is 4.79 Å². The first-order valence-corrected chi connectivity index (χ1v) is 5.78. The Bertz CT molecular complexity index is 444. The Kier molecular flexibility index (Phi) is 5.71. The predicted molar refractivity (Wildman–Crippen MR) is 71.8 cm³/mol. The van der Waals surface area contributed by atoms with Gasteiger partial charge >= 0.3 is 5.97 Å². The summed E-state index contributed by atoms with van der Waals surface area (Å²) in [7, 11) is 1.33. The van der Waals surface area contributed by atoms with E-state index in [0.29, 0.717) is 6.61 Å². The Morgan fingerprint density at radius 3 is 2.50 bits per heavy atom. The van der Waals surface area contributed by atoms with E-state index in [-0.39, 0.29) is 5.76 Å². The van der Waals surface area contributed by atoms with Crippen LogP contribution in [-0.4, -0.2) is 19.7 Å². The van der Waals surface area contributed by atoms with E-state index < -0.39 is 5.97 Å². The summed E-state index contributed by atoms with van der Waals surface area (Å²) in [5, 5.41) is 0. The summed E-state index contributed by atoms with van der Waals surface area (Å²) in [5.74, 6) is -0.224. The van der Waals surface area contributed by atoms with E-state index in [2.05, 4.69) is 4.74 Å². The molecule has 18 heavy (non-hydrogen) atoms. The molecule has 0 atom stereocenters. The van der Waals surface area contributed by atoms with Crippen LogP contribution >= 0.6 is 0 Å². The molecule has 0 N–H and O–H groups in total. The number of rotatable bonds is 5. The lowest BCUT2D eigenvalue weighted by atomic mass is 10.1. The first-order valence-electron chi connectivity index (χ1n) is 5.78. The summed E-state index contributed by atoms with van der Waals surface area (Å²) in [6.07, 6.45) is 3.53. The van der Waals surface area contributed by atoms with Crippen molar-refractivity contribution in [2.45, 2.75) is 13.8 Å². The number of ether oxygens (including phenoxy) is 2. The highest BCUT2D eigenvalue weighted by Crippen LogP contribution is 2.12. The van der Waals surface area contributed by atoms with Crippen molar-refractivity contribution in [2.24, 2.45) is 0 Å². The molecule has 3 nitrogen and oxygen atoms in total. The Labute approximate surface area is 108 Å². The van der Waals surface area contributed by atoms with Gasteiger partial charge in [0.15, 0.2) is 0 Å². The SMILES string of the molecule is C/C=C(\OC/C=C(\C)c1ccccc1)C(=O)OC. The van der Waals surface area contributed by atoms with Crippen molar-refractivity contribution >= 4 is 11.5 Å². The Morgan fingerprint density at radius 1 is 1.28 bits per heavy atom. The van der Waals surface area contributed by atoms with Gasteiger partial charge in [-0.05, 0) is 37.1 Å². The summed E-state index contributed by atoms with van der Waals surface area (Å²) in [6.45, 7) is 4.09. The van der Waals surface area contributed by atoms with Gasteiger partial charge in [0, 0.05) is 0 Å². The molecule has 0 heterocycles. The molecule has 0 radical (unpaired) electrons. The lowest BCUT2D eigenvalue weighted by Gasteiger charge is -2.06. The van der Waals surface area contributed by atoms with Crippen LogP contribution in [0.5, 0.6) is 0 Å². The minimum atomic E-state index is -0.455. The highest BCUT2D eigenvalue weighted by Gasteiger charge is 2.08. The molecule has 0 aromatic heterocycles. The fourth-order valence-electron chi connectivity index (χ4n) is 1.44. The van der Waals surface area contributed by atoms with Crippen molar-refractivity contribution in [3.8, 4) is 0 Å². The molecule has 3 heteroatoms. The molecule has 0 aliphatic carbocycles. The highest BCUT2D eigenvalue weighted by atomic mass is 16.6. The lowest BCUT2D eigenvalue weighted by molar-refractivity contribution is -0.139. The summed E-state index contributed by atoms with van der Waals surface area (Å²) in [5.41, 5.74) is 2.25. The van der Waals surface area contributed by atoms with Crippen molar-refractivity contribution < 1.29 is 14.3 Å². The monoisotopic (exact) mass is 246 g/mol. The maximum Gasteiger partial charge on any atom is 0.372 e. The van der Waals surface area contributed by atoms with Gasteiger partial charge in [0.1, 0.15) is 6.61 Å². The van der Waals surface area contributed by atoms with E-state index >= 15 is 0 Å². The maximum absolute atomic E-state index is 11.3. The molecule has 0 unspecified atom stereocenters. The molecule has 1 aromatic carbocycles. The van der Waals surface area contributed by atoms with Gasteiger partial charge in [-0.3, -0.25) is 0 Å². The molecular weight excluding hydrogens is 228 g/mol. The number of hydrogen-bond acceptors (Lipinski definition) is 3. The van der Waals surface area contributed by atoms with E-state index in [4.69, 9.17) is 4.74 Å². The Hall–Kier alpha value is -2.03. The second-order valence-electron chi connectivity index (χ2n) is 3.71. The summed E-state index contributed by atoms with van der Waals surface area (Å²) < 4.78 is 9.94. The third-order valence-corrected chi connectivity index (χ3v) is 2.51. The zero-order valence-electron chi connectivity index (χ0n) is 11.0. The number of benzene rings is 1. The van der Waals surface area contributed by atoms with Crippen molar-refractivity contribution in [1.82, 2.24) is 0 Å². The van der Waals surface area contributed by atoms with Gasteiger partial charge in [0.05, 0.1) is 7.11 Å². The molecule has 0 aliphatic heterocycles. The van der Waals surface area contributed by atoms with Crippen LogP contribution in [-0.2, 0) is 14.3 Å². The normalized spacial score (nSPS) is 12.2. The van der Waals surface area contributed by atoms with Crippen molar-refractivity contribution in [1.29, 1.82) is 0 Å². The van der Waals surface area contributed by atoms with Crippen LogP contribution in [0.1, 0.15) is 19.4 Å². The second-order valence-corrected chi connectivity index (χ2v) is 3.71. The molecule has 0 spiro atoms. The molecule has 0 amide bonds. The minimum absolute atomic E-state index is 0.231. The van der Waals surface area contributed by atoms with Crippen molar-refractivity contribution in [3.63, 3.8) is 0 Å². The van der Waals surface area contributed by atoms with Gasteiger partial charge in [0.2, 0.25) is 5.76 Å². The van der Waals surface area contributed by atoms with Crippen molar-refractivity contribution in [3.05, 3.63) is 53.8 Å². The third kappa shape index (κ3) is 4.09. The van der Waals surface area contributed by atoms with Crippen LogP contribution in [0.4, 0.5) is 0 Å². The van der Waals surface area contributed by atoms with Gasteiger partial charge in [-0.15, -0.1) is 0 Å². The molecule has 0 aliphatic rings. The number of carbonyl (C=O) groups is 1. The van der Waals surface area contributed by atoms with Gasteiger partial charge in [0.25, 0.3) is 0 Å². The molecule has 1 rings (SSSR count). The molecule has 0 bridgehead atoms. The van der Waals surface area contributed by atoms with Crippen LogP contribution in [0, 0.1) is 0 Å². The Balaban J connectivity index is 2.57. The standard InChI is InChI=1S/C15H18O3/c1-4-14(15(16)17-3)18-11-10-12(2)13-8-6-5-7-9-13/h4-10H,11H2,1-3H3/b12-10+,14-4-. The summed E-state index contributed by atoms with van der Waals surface area (Å²) in [4.78, 5) is 11.3. The minimum Gasteiger partial charge on any atom is -0.483 e. The first kappa shape index (κ1) is 14.0. The van der Waals surface area contributed by atoms with Gasteiger partial charge in [-0.2, -0.15) is 0 Å². The van der Waals surface area contributed by atoms with E-state index in [0.717, 1.165) is 11.1 Å². The van der Waals surface area contributed by atoms with Gasteiger partial charge < -0.3 is 9.47 Å². The second kappa shape index (κ2) is 7.33. The molecular formula is C15H18O3. The summed E-state index contributed by atoms with van der Waals surface area (Å²) in [6, 6.07) is 10.0. The molecule has 96 valence electrons. The molecule has 0 saturated heterocycles. The Morgan fingerprint density at radius 2 is 1.94 bits per heavy atom. The molecule has 1 aromatic rings. The quantitative estimate of drug-likeness (QED) is 0.455. The van der Waals surface area contributed by atoms with Crippen molar-refractivity contribution in [2.75, 3.05) is 13.7 Å². The maximum atomic E-state index is 11.3. The van der Waals surface area contributed by atoms with Crippen LogP contribution < -0.4 is 0 Å². The van der Waals surface area contributed by atoms with E-state index in [1.165, 1.54) is 7.11 Å². The fourth-order valence-corrected chi connectivity index (χ4v) is 1.44. The number of allylic oxidation sites excluding steroid dienone is 2. The van der Waals surface area contributed by atoms with E-state index in [1.54, 1.807) is 13.0 Å². The molecule has 0 fully saturated rings. The zero-order chi connectivity index (χ0) is 13.4. The van der Waals surface area contributed by atoms with Crippen LogP contribution in [0.3, 0.4) is 0 Å². The number of esters is 1. The molecule has 0 saturated carbocycles. The van der Waals surface area contributed by atoms with Crippen LogP contribution in [0.2, 0.25) is 0 Å². The fraction of sp³-hybridized carbons (Fsp3) is 0.267. The number of carbonyl (C=O) groups excluding carboxylic acids is 1. The first-order chi connectivity index (χ1) is 8.69. The largest absolute Gasteiger partial charge is 0.483 e. The predicted octanol–water partition coefficient (Wildman–Crippen LogP) is 3.18. The zero-order valence-corrected chi connectivity index (χ0v) is 11.0. The number of hydrogen-bond donors (Lipinski definition) is 0. The van der Waals surface area contributed by atoms with Crippen LogP contribution in [0.15, 0.2) is 48.2 Å².